The van der Waals surface area contributed by atoms with Gasteiger partial charge in [-0.05, 0) is 27.1 Å². The quantitative estimate of drug-likeness (QED) is 0.763. The first-order valence-corrected chi connectivity index (χ1v) is 7.46. The summed E-state index contributed by atoms with van der Waals surface area (Å²) >= 11 is 3.48. The first-order valence-electron chi connectivity index (χ1n) is 6.66. The first kappa shape index (κ1) is 13.8. The van der Waals surface area contributed by atoms with Crippen LogP contribution in [0.4, 0.5) is 5.82 Å². The maximum absolute atomic E-state index is 4.30. The van der Waals surface area contributed by atoms with Crippen LogP contribution in [0.1, 0.15) is 17.2 Å². The van der Waals surface area contributed by atoms with Crippen LogP contribution < -0.4 is 5.32 Å². The van der Waals surface area contributed by atoms with Crippen molar-refractivity contribution in [1.29, 1.82) is 0 Å². The molecule has 0 bridgehead atoms. The Bertz CT molecular complexity index is 662. The Kier molecular flexibility index (Phi) is 4.26. The molecule has 1 N–H and O–H groups in total. The zero-order valence-electron chi connectivity index (χ0n) is 11.3. The summed E-state index contributed by atoms with van der Waals surface area (Å²) in [5.74, 6) is 0.780. The van der Waals surface area contributed by atoms with E-state index in [1.807, 2.05) is 36.4 Å². The third kappa shape index (κ3) is 3.28. The molecule has 0 aliphatic heterocycles. The summed E-state index contributed by atoms with van der Waals surface area (Å²) < 4.78 is 0.849. The average Bonchev–Trinajstić information content (AvgIpc) is 2.56. The molecule has 0 spiro atoms. The highest BCUT2D eigenvalue weighted by atomic mass is 79.9. The van der Waals surface area contributed by atoms with E-state index >= 15 is 0 Å². The lowest BCUT2D eigenvalue weighted by Gasteiger charge is -2.20. The molecule has 1 heterocycles. The van der Waals surface area contributed by atoms with Gasteiger partial charge in [0.25, 0.3) is 0 Å². The van der Waals surface area contributed by atoms with Gasteiger partial charge in [-0.2, -0.15) is 0 Å². The molecular formula is C17H14BrN3. The highest BCUT2D eigenvalue weighted by molar-refractivity contribution is 9.10. The van der Waals surface area contributed by atoms with Crippen molar-refractivity contribution in [3.63, 3.8) is 0 Å². The van der Waals surface area contributed by atoms with Crippen LogP contribution in [0.3, 0.4) is 0 Å². The first-order chi connectivity index (χ1) is 10.3. The third-order valence-electron chi connectivity index (χ3n) is 3.21. The highest BCUT2D eigenvalue weighted by Gasteiger charge is 2.15. The van der Waals surface area contributed by atoms with E-state index in [4.69, 9.17) is 0 Å². The van der Waals surface area contributed by atoms with Gasteiger partial charge in [-0.25, -0.2) is 9.97 Å². The lowest BCUT2D eigenvalue weighted by Crippen LogP contribution is -2.13. The van der Waals surface area contributed by atoms with Crippen molar-refractivity contribution >= 4 is 21.7 Å². The molecule has 0 atom stereocenters. The van der Waals surface area contributed by atoms with Gasteiger partial charge in [-0.15, -0.1) is 0 Å². The molecule has 3 rings (SSSR count). The summed E-state index contributed by atoms with van der Waals surface area (Å²) in [6, 6.07) is 20.7. The van der Waals surface area contributed by atoms with Crippen molar-refractivity contribution in [2.75, 3.05) is 5.32 Å². The number of hydrogen-bond donors (Lipinski definition) is 1. The number of rotatable bonds is 4. The standard InChI is InChI=1S/C17H14BrN3/c18-15-11-19-12-20-17(15)21-16(13-7-3-1-4-8-13)14-9-5-2-6-10-14/h1-12,16H,(H,19,20,21). The summed E-state index contributed by atoms with van der Waals surface area (Å²) in [6.45, 7) is 0. The number of nitrogens with one attached hydrogen (secondary N) is 1. The van der Waals surface area contributed by atoms with E-state index in [0.717, 1.165) is 10.3 Å². The Hall–Kier alpha value is -2.20. The zero-order valence-corrected chi connectivity index (χ0v) is 12.9. The van der Waals surface area contributed by atoms with Gasteiger partial charge in [0, 0.05) is 6.20 Å². The van der Waals surface area contributed by atoms with Crippen LogP contribution in [0.25, 0.3) is 0 Å². The minimum atomic E-state index is 0.0404. The fraction of sp³-hybridized carbons (Fsp3) is 0.0588. The SMILES string of the molecule is Brc1cncnc1NC(c1ccccc1)c1ccccc1. The van der Waals surface area contributed by atoms with Crippen molar-refractivity contribution in [2.24, 2.45) is 0 Å². The smallest absolute Gasteiger partial charge is 0.144 e. The van der Waals surface area contributed by atoms with Gasteiger partial charge < -0.3 is 5.32 Å². The molecule has 0 amide bonds. The second-order valence-electron chi connectivity index (χ2n) is 4.62. The zero-order chi connectivity index (χ0) is 14.5. The molecule has 0 fully saturated rings. The Morgan fingerprint density at radius 2 is 1.43 bits per heavy atom. The van der Waals surface area contributed by atoms with E-state index in [1.165, 1.54) is 11.1 Å². The van der Waals surface area contributed by atoms with Gasteiger partial charge in [0.2, 0.25) is 0 Å². The van der Waals surface area contributed by atoms with E-state index in [-0.39, 0.29) is 6.04 Å². The van der Waals surface area contributed by atoms with Crippen LogP contribution in [-0.2, 0) is 0 Å². The molecule has 0 radical (unpaired) electrons. The summed E-state index contributed by atoms with van der Waals surface area (Å²) in [5.41, 5.74) is 2.38. The molecule has 0 aliphatic rings. The van der Waals surface area contributed by atoms with E-state index in [0.29, 0.717) is 0 Å². The van der Waals surface area contributed by atoms with Gasteiger partial charge in [-0.3, -0.25) is 0 Å². The second kappa shape index (κ2) is 6.50. The van der Waals surface area contributed by atoms with Gasteiger partial charge in [0.15, 0.2) is 0 Å². The molecule has 21 heavy (non-hydrogen) atoms. The van der Waals surface area contributed by atoms with Crippen LogP contribution in [0.5, 0.6) is 0 Å². The van der Waals surface area contributed by atoms with Crippen molar-refractivity contribution in [3.8, 4) is 0 Å². The maximum atomic E-state index is 4.30. The molecule has 2 aromatic carbocycles. The van der Waals surface area contributed by atoms with E-state index in [2.05, 4.69) is 55.5 Å². The second-order valence-corrected chi connectivity index (χ2v) is 5.47. The molecule has 1 aromatic heterocycles. The Balaban J connectivity index is 1.99. The third-order valence-corrected chi connectivity index (χ3v) is 3.79. The van der Waals surface area contributed by atoms with E-state index < -0.39 is 0 Å². The summed E-state index contributed by atoms with van der Waals surface area (Å²) in [5, 5.41) is 3.48. The van der Waals surface area contributed by atoms with Crippen LogP contribution in [-0.4, -0.2) is 9.97 Å². The maximum Gasteiger partial charge on any atom is 0.144 e. The summed E-state index contributed by atoms with van der Waals surface area (Å²) in [4.78, 5) is 8.30. The Labute approximate surface area is 132 Å². The molecular weight excluding hydrogens is 326 g/mol. The lowest BCUT2D eigenvalue weighted by molar-refractivity contribution is 0.919. The summed E-state index contributed by atoms with van der Waals surface area (Å²) in [6.07, 6.45) is 3.28. The number of hydrogen-bond acceptors (Lipinski definition) is 3. The fourth-order valence-corrected chi connectivity index (χ4v) is 2.54. The van der Waals surface area contributed by atoms with Gasteiger partial charge in [0.1, 0.15) is 12.1 Å². The lowest BCUT2D eigenvalue weighted by atomic mass is 9.99. The molecule has 0 aliphatic carbocycles. The van der Waals surface area contributed by atoms with Crippen LogP contribution >= 0.6 is 15.9 Å². The minimum absolute atomic E-state index is 0.0404. The predicted octanol–water partition coefficient (Wildman–Crippen LogP) is 4.44. The van der Waals surface area contributed by atoms with Crippen LogP contribution in [0, 0.1) is 0 Å². The number of aromatic nitrogens is 2. The van der Waals surface area contributed by atoms with Crippen molar-refractivity contribution in [1.82, 2.24) is 9.97 Å². The summed E-state index contributed by atoms with van der Waals surface area (Å²) in [7, 11) is 0. The van der Waals surface area contributed by atoms with E-state index in [9.17, 15) is 0 Å². The monoisotopic (exact) mass is 339 g/mol. The largest absolute Gasteiger partial charge is 0.358 e. The average molecular weight is 340 g/mol. The topological polar surface area (TPSA) is 37.8 Å². The molecule has 104 valence electrons. The highest BCUT2D eigenvalue weighted by Crippen LogP contribution is 2.28. The van der Waals surface area contributed by atoms with Crippen molar-refractivity contribution < 1.29 is 0 Å². The van der Waals surface area contributed by atoms with Crippen LogP contribution in [0.15, 0.2) is 77.7 Å². The number of halogens is 1. The van der Waals surface area contributed by atoms with Gasteiger partial charge >= 0.3 is 0 Å². The molecule has 0 saturated heterocycles. The number of nitrogens with zero attached hydrogens (tertiary/aromatic N) is 2. The Morgan fingerprint density at radius 3 is 1.95 bits per heavy atom. The molecule has 3 nitrogen and oxygen atoms in total. The predicted molar refractivity (Wildman–Crippen MR) is 88.1 cm³/mol. The molecule has 4 heteroatoms. The normalized spacial score (nSPS) is 10.6. The van der Waals surface area contributed by atoms with Gasteiger partial charge in [-0.1, -0.05) is 60.7 Å². The van der Waals surface area contributed by atoms with Crippen molar-refractivity contribution in [2.45, 2.75) is 6.04 Å². The van der Waals surface area contributed by atoms with Crippen LogP contribution in [0.2, 0.25) is 0 Å². The molecule has 0 saturated carbocycles. The van der Waals surface area contributed by atoms with E-state index in [1.54, 1.807) is 12.5 Å². The number of benzene rings is 2. The molecule has 3 aromatic rings. The number of anilines is 1. The molecule has 0 unspecified atom stereocenters. The van der Waals surface area contributed by atoms with Gasteiger partial charge in [0.05, 0.1) is 10.5 Å². The van der Waals surface area contributed by atoms with Crippen molar-refractivity contribution in [3.05, 3.63) is 88.8 Å². The fourth-order valence-electron chi connectivity index (χ4n) is 2.21. The minimum Gasteiger partial charge on any atom is -0.358 e. The Morgan fingerprint density at radius 1 is 0.857 bits per heavy atom.